The van der Waals surface area contributed by atoms with Crippen LogP contribution in [0.4, 0.5) is 22.0 Å². The van der Waals surface area contributed by atoms with Gasteiger partial charge in [-0.15, -0.1) is 23.7 Å². The Morgan fingerprint density at radius 2 is 1.75 bits per heavy atom. The molecular weight excluding hydrogens is 296 g/mol. The molecule has 1 aromatic rings. The molecule has 1 rings (SSSR count). The highest BCUT2D eigenvalue weighted by molar-refractivity contribution is 7.10. The van der Waals surface area contributed by atoms with Crippen LogP contribution in [-0.2, 0) is 0 Å². The van der Waals surface area contributed by atoms with Crippen LogP contribution in [-0.4, -0.2) is 12.1 Å². The van der Waals surface area contributed by atoms with Gasteiger partial charge in [-0.2, -0.15) is 22.0 Å². The van der Waals surface area contributed by atoms with Crippen LogP contribution in [0, 0.1) is 0 Å². The van der Waals surface area contributed by atoms with Gasteiger partial charge in [0.1, 0.15) is 6.04 Å². The Balaban J connectivity index is 0.00000225. The van der Waals surface area contributed by atoms with Gasteiger partial charge in [-0.1, -0.05) is 11.6 Å². The number of hydrogen-bond donors (Lipinski definition) is 1. The molecule has 0 fully saturated rings. The highest BCUT2D eigenvalue weighted by Gasteiger charge is 2.62. The van der Waals surface area contributed by atoms with Crippen LogP contribution in [0.3, 0.4) is 0 Å². The lowest BCUT2D eigenvalue weighted by atomic mass is 10.1. The Bertz CT molecular complexity index is 351. The van der Waals surface area contributed by atoms with Gasteiger partial charge >= 0.3 is 12.1 Å². The second kappa shape index (κ2) is 5.03. The Hall–Kier alpha value is -0.110. The molecule has 2 N–H and O–H groups in total. The Labute approximate surface area is 103 Å². The Morgan fingerprint density at radius 1 is 1.25 bits per heavy atom. The molecule has 0 aliphatic carbocycles. The maximum Gasteiger partial charge on any atom is 0.455 e. The fourth-order valence-electron chi connectivity index (χ4n) is 0.868. The predicted octanol–water partition coefficient (Wildman–Crippen LogP) is 4.02. The van der Waals surface area contributed by atoms with E-state index in [1.807, 2.05) is 0 Å². The molecule has 0 amide bonds. The smallest absolute Gasteiger partial charge is 0.318 e. The molecule has 0 radical (unpaired) electrons. The molecule has 0 saturated carbocycles. The Kier molecular flexibility index (Phi) is 5.00. The molecule has 1 heterocycles. The van der Waals surface area contributed by atoms with Crippen LogP contribution >= 0.6 is 35.3 Å². The molecule has 16 heavy (non-hydrogen) atoms. The van der Waals surface area contributed by atoms with Crippen molar-refractivity contribution in [2.24, 2.45) is 5.73 Å². The van der Waals surface area contributed by atoms with Gasteiger partial charge in [0.05, 0.1) is 5.02 Å². The van der Waals surface area contributed by atoms with Crippen molar-refractivity contribution in [2.45, 2.75) is 18.1 Å². The van der Waals surface area contributed by atoms with E-state index < -0.39 is 18.1 Å². The third-order valence-corrected chi connectivity index (χ3v) is 3.14. The lowest BCUT2D eigenvalue weighted by Crippen LogP contribution is -2.45. The van der Waals surface area contributed by atoms with E-state index >= 15 is 0 Å². The van der Waals surface area contributed by atoms with Gasteiger partial charge in [-0.3, -0.25) is 0 Å². The van der Waals surface area contributed by atoms with Crippen LogP contribution in [0.25, 0.3) is 0 Å². The molecule has 0 aliphatic rings. The SMILES string of the molecule is Cl.N[C@H](c1sccc1Cl)C(F)(F)C(F)(F)F. The molecule has 1 aromatic heterocycles. The minimum Gasteiger partial charge on any atom is -0.318 e. The third kappa shape index (κ3) is 2.77. The molecule has 0 unspecified atom stereocenters. The Morgan fingerprint density at radius 3 is 2.06 bits per heavy atom. The first-order chi connectivity index (χ1) is 6.68. The van der Waals surface area contributed by atoms with Gasteiger partial charge in [-0.25, -0.2) is 0 Å². The molecule has 9 heteroatoms. The van der Waals surface area contributed by atoms with Crippen molar-refractivity contribution < 1.29 is 22.0 Å². The van der Waals surface area contributed by atoms with E-state index in [1.54, 1.807) is 0 Å². The predicted molar refractivity (Wildman–Crippen MR) is 54.5 cm³/mol. The highest BCUT2D eigenvalue weighted by atomic mass is 35.5. The van der Waals surface area contributed by atoms with Gasteiger partial charge in [0.15, 0.2) is 0 Å². The minimum absolute atomic E-state index is 0. The van der Waals surface area contributed by atoms with Gasteiger partial charge in [0, 0.05) is 4.88 Å². The van der Waals surface area contributed by atoms with Crippen molar-refractivity contribution in [2.75, 3.05) is 0 Å². The first-order valence-electron chi connectivity index (χ1n) is 3.61. The maximum absolute atomic E-state index is 12.8. The molecular formula is C7H6Cl2F5NS. The number of halogens is 7. The second-order valence-corrected chi connectivity index (χ2v) is 4.09. The number of nitrogens with two attached hydrogens (primary N) is 1. The summed E-state index contributed by atoms with van der Waals surface area (Å²) in [5.41, 5.74) is 4.86. The zero-order chi connectivity index (χ0) is 11.9. The molecule has 0 aromatic carbocycles. The van der Waals surface area contributed by atoms with Crippen LogP contribution < -0.4 is 5.73 Å². The maximum atomic E-state index is 12.8. The van der Waals surface area contributed by atoms with Gasteiger partial charge in [0.25, 0.3) is 0 Å². The van der Waals surface area contributed by atoms with E-state index in [0.29, 0.717) is 11.3 Å². The van der Waals surface area contributed by atoms with Crippen molar-refractivity contribution in [3.63, 3.8) is 0 Å². The molecule has 0 bridgehead atoms. The van der Waals surface area contributed by atoms with Crippen LogP contribution in [0.2, 0.25) is 5.02 Å². The summed E-state index contributed by atoms with van der Waals surface area (Å²) < 4.78 is 61.3. The van der Waals surface area contributed by atoms with Gasteiger partial charge < -0.3 is 5.73 Å². The van der Waals surface area contributed by atoms with E-state index in [4.69, 9.17) is 17.3 Å². The summed E-state index contributed by atoms with van der Waals surface area (Å²) in [5.74, 6) is -4.98. The quantitative estimate of drug-likeness (QED) is 0.820. The van der Waals surface area contributed by atoms with Gasteiger partial charge in [0.2, 0.25) is 0 Å². The molecule has 0 spiro atoms. The van der Waals surface area contributed by atoms with E-state index in [2.05, 4.69) is 0 Å². The zero-order valence-corrected chi connectivity index (χ0v) is 9.78. The van der Waals surface area contributed by atoms with E-state index in [0.717, 1.165) is 0 Å². The monoisotopic (exact) mass is 301 g/mol. The number of alkyl halides is 5. The first-order valence-corrected chi connectivity index (χ1v) is 4.86. The summed E-state index contributed by atoms with van der Waals surface area (Å²) in [7, 11) is 0. The largest absolute Gasteiger partial charge is 0.455 e. The standard InChI is InChI=1S/C7H5ClF5NS.ClH/c8-3-1-2-15-4(3)5(14)6(9,10)7(11,12)13;/h1-2,5H,14H2;1H/t5-;/m1./s1. The van der Waals surface area contributed by atoms with E-state index in [9.17, 15) is 22.0 Å². The molecule has 1 atom stereocenters. The number of hydrogen-bond acceptors (Lipinski definition) is 2. The lowest BCUT2D eigenvalue weighted by molar-refractivity contribution is -0.290. The lowest BCUT2D eigenvalue weighted by Gasteiger charge is -2.25. The number of rotatable bonds is 2. The molecule has 0 saturated heterocycles. The molecule has 94 valence electrons. The first kappa shape index (κ1) is 15.9. The summed E-state index contributed by atoms with van der Waals surface area (Å²) in [6.07, 6.45) is -5.68. The van der Waals surface area contributed by atoms with Crippen molar-refractivity contribution >= 4 is 35.3 Å². The van der Waals surface area contributed by atoms with Crippen LogP contribution in [0.1, 0.15) is 10.9 Å². The zero-order valence-electron chi connectivity index (χ0n) is 7.39. The topological polar surface area (TPSA) is 26.0 Å². The summed E-state index contributed by atoms with van der Waals surface area (Å²) in [6, 6.07) is -1.25. The average Bonchev–Trinajstić information content (AvgIpc) is 2.48. The van der Waals surface area contributed by atoms with Crippen LogP contribution in [0.15, 0.2) is 11.4 Å². The third-order valence-electron chi connectivity index (χ3n) is 1.70. The normalized spacial score (nSPS) is 14.4. The van der Waals surface area contributed by atoms with Crippen molar-refractivity contribution in [1.29, 1.82) is 0 Å². The van der Waals surface area contributed by atoms with Crippen molar-refractivity contribution in [1.82, 2.24) is 0 Å². The fourth-order valence-corrected chi connectivity index (χ4v) is 2.08. The summed E-state index contributed by atoms with van der Waals surface area (Å²) >= 11 is 6.08. The number of thiophene rings is 1. The highest BCUT2D eigenvalue weighted by Crippen LogP contribution is 2.45. The van der Waals surface area contributed by atoms with Crippen molar-refractivity contribution in [3.05, 3.63) is 21.3 Å². The summed E-state index contributed by atoms with van der Waals surface area (Å²) in [4.78, 5) is -0.376. The second-order valence-electron chi connectivity index (χ2n) is 2.73. The molecule has 1 nitrogen and oxygen atoms in total. The summed E-state index contributed by atoms with van der Waals surface area (Å²) in [6.45, 7) is 0. The van der Waals surface area contributed by atoms with Crippen molar-refractivity contribution in [3.8, 4) is 0 Å². The average molecular weight is 302 g/mol. The summed E-state index contributed by atoms with van der Waals surface area (Å²) in [5, 5.41) is 1.11. The van der Waals surface area contributed by atoms with E-state index in [1.165, 1.54) is 11.4 Å². The van der Waals surface area contributed by atoms with E-state index in [-0.39, 0.29) is 22.3 Å². The van der Waals surface area contributed by atoms with Gasteiger partial charge in [-0.05, 0) is 11.4 Å². The minimum atomic E-state index is -5.68. The fraction of sp³-hybridized carbons (Fsp3) is 0.429. The van der Waals surface area contributed by atoms with Crippen LogP contribution in [0.5, 0.6) is 0 Å². The molecule has 0 aliphatic heterocycles.